The Balaban J connectivity index is 2.30. The minimum Gasteiger partial charge on any atom is -0.0718 e. The van der Waals surface area contributed by atoms with Crippen molar-refractivity contribution in [3.05, 3.63) is 57.5 Å². The van der Waals surface area contributed by atoms with Crippen LogP contribution in [0.15, 0.2) is 48.1 Å². The first kappa shape index (κ1) is 9.97. The number of benzene rings is 1. The summed E-state index contributed by atoms with van der Waals surface area (Å²) < 4.78 is 1.45. The van der Waals surface area contributed by atoms with Gasteiger partial charge in [0.1, 0.15) is 0 Å². The van der Waals surface area contributed by atoms with E-state index in [1.807, 2.05) is 0 Å². The van der Waals surface area contributed by atoms with Crippen molar-refractivity contribution in [3.63, 3.8) is 0 Å². The minimum absolute atomic E-state index is 1.08. The first-order chi connectivity index (χ1) is 6.77. The molecule has 0 atom stereocenters. The van der Waals surface area contributed by atoms with Crippen molar-refractivity contribution in [2.45, 2.75) is 13.3 Å². The molecular formula is C13H12I. The quantitative estimate of drug-likeness (QED) is 0.674. The van der Waals surface area contributed by atoms with Crippen LogP contribution in [-0.4, -0.2) is 0 Å². The van der Waals surface area contributed by atoms with E-state index in [9.17, 15) is 0 Å². The second kappa shape index (κ2) is 4.30. The Morgan fingerprint density at radius 3 is 2.43 bits per heavy atom. The lowest BCUT2D eigenvalue weighted by atomic mass is 9.94. The van der Waals surface area contributed by atoms with E-state index >= 15 is 0 Å². The fourth-order valence-electron chi connectivity index (χ4n) is 1.53. The van der Waals surface area contributed by atoms with E-state index in [1.165, 1.54) is 20.6 Å². The van der Waals surface area contributed by atoms with E-state index in [0.29, 0.717) is 0 Å². The van der Waals surface area contributed by atoms with Gasteiger partial charge in [-0.15, -0.1) is 0 Å². The van der Waals surface area contributed by atoms with Gasteiger partial charge >= 0.3 is 0 Å². The first-order valence-corrected chi connectivity index (χ1v) is 5.80. The topological polar surface area (TPSA) is 0 Å². The van der Waals surface area contributed by atoms with Gasteiger partial charge in [0.05, 0.1) is 3.92 Å². The molecule has 2 rings (SSSR count). The van der Waals surface area contributed by atoms with Gasteiger partial charge in [0.15, 0.2) is 0 Å². The summed E-state index contributed by atoms with van der Waals surface area (Å²) in [6.07, 6.45) is 5.51. The molecule has 0 spiro atoms. The van der Waals surface area contributed by atoms with Crippen molar-refractivity contribution < 1.29 is 0 Å². The molecule has 0 heterocycles. The summed E-state index contributed by atoms with van der Waals surface area (Å²) in [6.45, 7) is 2.17. The molecule has 0 bridgehead atoms. The summed E-state index contributed by atoms with van der Waals surface area (Å²) in [7, 11) is 0. The smallest absolute Gasteiger partial charge is 0.0657 e. The Morgan fingerprint density at radius 1 is 1.07 bits per heavy atom. The van der Waals surface area contributed by atoms with Crippen molar-refractivity contribution in [1.29, 1.82) is 0 Å². The molecule has 0 unspecified atom stereocenters. The highest BCUT2D eigenvalue weighted by Crippen LogP contribution is 2.36. The van der Waals surface area contributed by atoms with Crippen molar-refractivity contribution in [3.8, 4) is 0 Å². The Bertz CT molecular complexity index is 373. The highest BCUT2D eigenvalue weighted by atomic mass is 127. The molecule has 0 N–H and O–H groups in total. The average molecular weight is 295 g/mol. The molecule has 1 aromatic rings. The zero-order valence-corrected chi connectivity index (χ0v) is 10.3. The van der Waals surface area contributed by atoms with Crippen LogP contribution >= 0.6 is 22.6 Å². The van der Waals surface area contributed by atoms with E-state index in [-0.39, 0.29) is 0 Å². The van der Waals surface area contributed by atoms with E-state index in [2.05, 4.69) is 72.0 Å². The number of hydrogen-bond donors (Lipinski definition) is 0. The Hall–Kier alpha value is -0.570. The van der Waals surface area contributed by atoms with Crippen LogP contribution in [0.3, 0.4) is 0 Å². The van der Waals surface area contributed by atoms with Gasteiger partial charge in [-0.05, 0) is 24.5 Å². The Labute approximate surface area is 98.9 Å². The van der Waals surface area contributed by atoms with Gasteiger partial charge < -0.3 is 0 Å². The van der Waals surface area contributed by atoms with Gasteiger partial charge in [-0.2, -0.15) is 0 Å². The fourth-order valence-corrected chi connectivity index (χ4v) is 2.12. The maximum Gasteiger partial charge on any atom is 0.0657 e. The third-order valence-corrected chi connectivity index (χ3v) is 3.68. The maximum atomic E-state index is 2.43. The van der Waals surface area contributed by atoms with E-state index in [0.717, 1.165) is 6.42 Å². The number of allylic oxidation sites excluding steroid dienone is 4. The van der Waals surface area contributed by atoms with Gasteiger partial charge in [0.25, 0.3) is 0 Å². The zero-order chi connectivity index (χ0) is 9.97. The number of halogens is 1. The van der Waals surface area contributed by atoms with Crippen LogP contribution in [-0.2, 0) is 0 Å². The lowest BCUT2D eigenvalue weighted by molar-refractivity contribution is 1.18. The van der Waals surface area contributed by atoms with Gasteiger partial charge in [0, 0.05) is 0 Å². The molecule has 71 valence electrons. The van der Waals surface area contributed by atoms with Crippen molar-refractivity contribution in [2.24, 2.45) is 0 Å². The normalized spacial score (nSPS) is 17.6. The van der Waals surface area contributed by atoms with E-state index in [1.54, 1.807) is 0 Å². The second-order valence-corrected chi connectivity index (χ2v) is 4.79. The number of hydrogen-bond acceptors (Lipinski definition) is 0. The molecular weight excluding hydrogens is 283 g/mol. The maximum absolute atomic E-state index is 2.43. The number of rotatable bonds is 1. The average Bonchev–Trinajstić information content (AvgIpc) is 2.23. The fraction of sp³-hybridized carbons (Fsp3) is 0.154. The molecule has 0 saturated carbocycles. The summed E-state index contributed by atoms with van der Waals surface area (Å²) in [5.74, 6) is 0. The van der Waals surface area contributed by atoms with Crippen molar-refractivity contribution in [2.75, 3.05) is 0 Å². The van der Waals surface area contributed by atoms with E-state index in [4.69, 9.17) is 0 Å². The predicted octanol–water partition coefficient (Wildman–Crippen LogP) is 4.39. The van der Waals surface area contributed by atoms with Crippen LogP contribution in [0.25, 0.3) is 5.57 Å². The van der Waals surface area contributed by atoms with Crippen LogP contribution in [0.2, 0.25) is 0 Å². The minimum atomic E-state index is 1.08. The van der Waals surface area contributed by atoms with Gasteiger partial charge in [-0.25, -0.2) is 0 Å². The standard InChI is InChI=1S/C13H12I/c1-10-7-8-12(9-13(10)14)11-5-3-2-4-6-11/h2-8H,9H2,1H3. The third-order valence-electron chi connectivity index (χ3n) is 2.45. The molecule has 1 aromatic carbocycles. The highest BCUT2D eigenvalue weighted by molar-refractivity contribution is 14.1. The van der Waals surface area contributed by atoms with Gasteiger partial charge in [-0.3, -0.25) is 0 Å². The van der Waals surface area contributed by atoms with Crippen LogP contribution in [0.4, 0.5) is 0 Å². The molecule has 0 nitrogen and oxygen atoms in total. The van der Waals surface area contributed by atoms with Gasteiger partial charge in [0.2, 0.25) is 0 Å². The van der Waals surface area contributed by atoms with Gasteiger partial charge in [-0.1, -0.05) is 70.6 Å². The van der Waals surface area contributed by atoms with Crippen molar-refractivity contribution in [1.82, 2.24) is 0 Å². The van der Waals surface area contributed by atoms with Crippen molar-refractivity contribution >= 4 is 28.2 Å². The zero-order valence-electron chi connectivity index (χ0n) is 8.13. The molecule has 0 aliphatic heterocycles. The Morgan fingerprint density at radius 2 is 1.79 bits per heavy atom. The Kier molecular flexibility index (Phi) is 3.06. The molecule has 1 aliphatic carbocycles. The summed E-state index contributed by atoms with van der Waals surface area (Å²) in [4.78, 5) is 0. The highest BCUT2D eigenvalue weighted by Gasteiger charge is 2.14. The molecule has 0 aromatic heterocycles. The van der Waals surface area contributed by atoms with Crippen LogP contribution in [0.1, 0.15) is 18.9 Å². The molecule has 1 heteroatoms. The van der Waals surface area contributed by atoms with Crippen LogP contribution in [0.5, 0.6) is 0 Å². The third kappa shape index (κ3) is 2.08. The summed E-state index contributed by atoms with van der Waals surface area (Å²) in [6, 6.07) is 10.6. The molecule has 14 heavy (non-hydrogen) atoms. The first-order valence-electron chi connectivity index (χ1n) is 4.72. The summed E-state index contributed by atoms with van der Waals surface area (Å²) in [5.41, 5.74) is 4.15. The lowest BCUT2D eigenvalue weighted by Crippen LogP contribution is -1.97. The summed E-state index contributed by atoms with van der Waals surface area (Å²) >= 11 is 2.43. The lowest BCUT2D eigenvalue weighted by Gasteiger charge is -2.17. The molecule has 0 saturated heterocycles. The van der Waals surface area contributed by atoms with E-state index < -0.39 is 0 Å². The summed E-state index contributed by atoms with van der Waals surface area (Å²) in [5, 5.41) is 0. The second-order valence-electron chi connectivity index (χ2n) is 3.49. The largest absolute Gasteiger partial charge is 0.0718 e. The predicted molar refractivity (Wildman–Crippen MR) is 70.1 cm³/mol. The molecule has 1 radical (unpaired) electrons. The van der Waals surface area contributed by atoms with Crippen LogP contribution in [0, 0.1) is 3.92 Å². The van der Waals surface area contributed by atoms with Crippen LogP contribution < -0.4 is 0 Å². The SMILES string of the molecule is CC1=CC=C(c2ccccc2)C[C]1I. The molecule has 0 fully saturated rings. The molecule has 0 amide bonds. The monoisotopic (exact) mass is 295 g/mol. The molecule has 1 aliphatic rings.